The molecule has 0 radical (unpaired) electrons. The van der Waals surface area contributed by atoms with E-state index in [1.54, 1.807) is 48.5 Å². The normalized spacial score (nSPS) is 12.2. The lowest BCUT2D eigenvalue weighted by Crippen LogP contribution is -2.29. The van der Waals surface area contributed by atoms with Gasteiger partial charge < -0.3 is 14.9 Å². The number of aliphatic hydroxyl groups is 1. The number of aryl methyl sites for hydroxylation is 1. The van der Waals surface area contributed by atoms with Gasteiger partial charge in [0.15, 0.2) is 0 Å². The zero-order valence-electron chi connectivity index (χ0n) is 25.0. The highest BCUT2D eigenvalue weighted by atomic mass is 35.5. The first-order valence-corrected chi connectivity index (χ1v) is 16.7. The Kier molecular flexibility index (Phi) is 10.9. The van der Waals surface area contributed by atoms with Gasteiger partial charge in [-0.2, -0.15) is 0 Å². The van der Waals surface area contributed by atoms with Gasteiger partial charge in [0, 0.05) is 18.1 Å². The fourth-order valence-corrected chi connectivity index (χ4v) is 6.68. The molecule has 9 heteroatoms. The van der Waals surface area contributed by atoms with Gasteiger partial charge in [0.25, 0.3) is 0 Å². The average molecular weight is 656 g/mol. The first-order valence-electron chi connectivity index (χ1n) is 14.8. The molecular weight excluding hydrogens is 622 g/mol. The molecule has 0 bridgehead atoms. The number of para-hydroxylation sites is 1. The van der Waals surface area contributed by atoms with Gasteiger partial charge in [0.05, 0.1) is 15.9 Å². The molecule has 236 valence electrons. The van der Waals surface area contributed by atoms with Crippen LogP contribution in [0.3, 0.4) is 0 Å². The predicted molar refractivity (Wildman–Crippen MR) is 178 cm³/mol. The van der Waals surface area contributed by atoms with E-state index in [2.05, 4.69) is 17.0 Å². The van der Waals surface area contributed by atoms with E-state index in [-0.39, 0.29) is 26.9 Å². The zero-order chi connectivity index (χ0) is 32.5. The Morgan fingerprint density at radius 2 is 1.50 bits per heavy atom. The Labute approximate surface area is 274 Å². The minimum atomic E-state index is -3.85. The number of nitrogens with zero attached hydrogens (tertiary/aromatic N) is 1. The molecule has 0 aliphatic heterocycles. The second kappa shape index (κ2) is 15.2. The summed E-state index contributed by atoms with van der Waals surface area (Å²) in [6.07, 6.45) is 0.839. The number of halogens is 1. The molecule has 0 amide bonds. The zero-order valence-corrected chi connectivity index (χ0v) is 26.6. The van der Waals surface area contributed by atoms with Crippen molar-refractivity contribution >= 4 is 27.4 Å². The summed E-state index contributed by atoms with van der Waals surface area (Å²) in [6, 6.07) is 36.4. The molecule has 0 saturated carbocycles. The van der Waals surface area contributed by atoms with Crippen molar-refractivity contribution in [2.75, 3.05) is 13.1 Å². The third-order valence-corrected chi connectivity index (χ3v) is 9.55. The number of carbonyl (C=O) groups is 1. The minimum absolute atomic E-state index is 0.0215. The molecule has 0 aliphatic carbocycles. The second-order valence-corrected chi connectivity index (χ2v) is 13.3. The van der Waals surface area contributed by atoms with Gasteiger partial charge in [-0.1, -0.05) is 84.4 Å². The van der Waals surface area contributed by atoms with Crippen LogP contribution in [0.25, 0.3) is 0 Å². The Bertz CT molecular complexity index is 1880. The maximum absolute atomic E-state index is 13.5. The highest BCUT2D eigenvalue weighted by molar-refractivity contribution is 7.91. The van der Waals surface area contributed by atoms with Crippen LogP contribution in [0.15, 0.2) is 137 Å². The van der Waals surface area contributed by atoms with Gasteiger partial charge in [-0.25, -0.2) is 13.2 Å². The van der Waals surface area contributed by atoms with Crippen LogP contribution in [0.4, 0.5) is 0 Å². The summed E-state index contributed by atoms with van der Waals surface area (Å²) in [5.41, 5.74) is 2.89. The average Bonchev–Trinajstić information content (AvgIpc) is 3.06. The number of carboxylic acid groups (broad SMARTS) is 1. The summed E-state index contributed by atoms with van der Waals surface area (Å²) in [6.45, 7) is 1.85. The van der Waals surface area contributed by atoms with Crippen LogP contribution >= 0.6 is 11.6 Å². The summed E-state index contributed by atoms with van der Waals surface area (Å²) in [5.74, 6) is -0.805. The van der Waals surface area contributed by atoms with E-state index in [1.807, 2.05) is 42.5 Å². The number of rotatable bonds is 14. The molecule has 0 aromatic heterocycles. The summed E-state index contributed by atoms with van der Waals surface area (Å²) < 4.78 is 32.7. The van der Waals surface area contributed by atoms with Crippen molar-refractivity contribution in [2.45, 2.75) is 35.3 Å². The summed E-state index contributed by atoms with van der Waals surface area (Å²) >= 11 is 6.15. The van der Waals surface area contributed by atoms with E-state index in [9.17, 15) is 23.4 Å². The van der Waals surface area contributed by atoms with Crippen LogP contribution in [0.2, 0.25) is 5.02 Å². The molecule has 0 aliphatic rings. The van der Waals surface area contributed by atoms with Crippen LogP contribution in [0.1, 0.15) is 39.6 Å². The fourth-order valence-electron chi connectivity index (χ4n) is 5.18. The number of ether oxygens (including phenoxy) is 1. The maximum atomic E-state index is 13.5. The Hall–Kier alpha value is -4.47. The topological polar surface area (TPSA) is 104 Å². The van der Waals surface area contributed by atoms with Crippen molar-refractivity contribution in [3.8, 4) is 11.5 Å². The van der Waals surface area contributed by atoms with Gasteiger partial charge in [0.2, 0.25) is 9.84 Å². The van der Waals surface area contributed by atoms with Crippen molar-refractivity contribution in [3.05, 3.63) is 155 Å². The SMILES string of the molecule is O=C(O)c1ccccc1Oc1cccc(S(=O)(=O)c2ccc(CCCN(Cc3ccccc3)C[C@H](O)c3cccc(Cl)c3)cc2)c1. The quantitative estimate of drug-likeness (QED) is 0.126. The molecule has 0 heterocycles. The monoisotopic (exact) mass is 655 g/mol. The van der Waals surface area contributed by atoms with E-state index >= 15 is 0 Å². The highest BCUT2D eigenvalue weighted by Gasteiger charge is 2.20. The number of aromatic carboxylic acids is 1. The summed E-state index contributed by atoms with van der Waals surface area (Å²) in [4.78, 5) is 13.9. The maximum Gasteiger partial charge on any atom is 0.339 e. The number of carboxylic acids is 1. The third-order valence-electron chi connectivity index (χ3n) is 7.55. The first-order chi connectivity index (χ1) is 22.2. The largest absolute Gasteiger partial charge is 0.478 e. The van der Waals surface area contributed by atoms with Crippen LogP contribution in [-0.4, -0.2) is 42.6 Å². The molecule has 2 N–H and O–H groups in total. The Balaban J connectivity index is 1.23. The lowest BCUT2D eigenvalue weighted by Gasteiger charge is -2.25. The number of benzene rings is 5. The Morgan fingerprint density at radius 3 is 2.24 bits per heavy atom. The lowest BCUT2D eigenvalue weighted by molar-refractivity contribution is 0.0694. The van der Waals surface area contributed by atoms with Crippen molar-refractivity contribution < 1.29 is 28.2 Å². The molecule has 0 spiro atoms. The van der Waals surface area contributed by atoms with E-state index in [0.29, 0.717) is 18.1 Å². The Morgan fingerprint density at radius 1 is 0.783 bits per heavy atom. The van der Waals surface area contributed by atoms with Crippen molar-refractivity contribution in [1.29, 1.82) is 0 Å². The molecule has 0 unspecified atom stereocenters. The van der Waals surface area contributed by atoms with Crippen LogP contribution < -0.4 is 4.74 Å². The second-order valence-electron chi connectivity index (χ2n) is 10.9. The van der Waals surface area contributed by atoms with Crippen molar-refractivity contribution in [2.24, 2.45) is 0 Å². The number of aliphatic hydroxyl groups excluding tert-OH is 1. The molecular formula is C37H34ClNO6S. The highest BCUT2D eigenvalue weighted by Crippen LogP contribution is 2.29. The molecule has 46 heavy (non-hydrogen) atoms. The first kappa shape index (κ1) is 32.9. The molecule has 0 saturated heterocycles. The molecule has 5 aromatic carbocycles. The summed E-state index contributed by atoms with van der Waals surface area (Å²) in [5, 5.41) is 21.0. The van der Waals surface area contributed by atoms with Gasteiger partial charge in [-0.05, 0) is 90.7 Å². The standard InChI is InChI=1S/C37H34ClNO6S/c38-30-13-6-12-29(23-30)35(40)26-39(25-28-9-2-1-3-10-28)22-8-11-27-18-20-32(21-19-27)46(43,44)33-15-7-14-31(24-33)45-36-17-5-4-16-34(36)37(41)42/h1-7,9-10,12-21,23-24,35,40H,8,11,22,25-26H2,(H,41,42)/t35-/m0/s1. The van der Waals surface area contributed by atoms with E-state index < -0.39 is 21.9 Å². The van der Waals surface area contributed by atoms with Gasteiger partial charge in [-0.3, -0.25) is 4.90 Å². The van der Waals surface area contributed by atoms with E-state index in [0.717, 1.165) is 36.1 Å². The summed E-state index contributed by atoms with van der Waals surface area (Å²) in [7, 11) is -3.85. The van der Waals surface area contributed by atoms with Crippen LogP contribution in [-0.2, 0) is 22.8 Å². The number of hydrogen-bond donors (Lipinski definition) is 2. The van der Waals surface area contributed by atoms with Gasteiger partial charge in [-0.15, -0.1) is 0 Å². The molecule has 5 rings (SSSR count). The molecule has 7 nitrogen and oxygen atoms in total. The third kappa shape index (κ3) is 8.62. The molecule has 1 atom stereocenters. The fraction of sp³-hybridized carbons (Fsp3) is 0.162. The lowest BCUT2D eigenvalue weighted by atomic mass is 10.1. The van der Waals surface area contributed by atoms with Gasteiger partial charge in [0.1, 0.15) is 17.1 Å². The molecule has 5 aromatic rings. The van der Waals surface area contributed by atoms with Crippen molar-refractivity contribution in [1.82, 2.24) is 4.90 Å². The smallest absolute Gasteiger partial charge is 0.339 e. The predicted octanol–water partition coefficient (Wildman–Crippen LogP) is 7.83. The number of sulfone groups is 1. The minimum Gasteiger partial charge on any atom is -0.478 e. The molecule has 0 fully saturated rings. The van der Waals surface area contributed by atoms with Crippen molar-refractivity contribution in [3.63, 3.8) is 0 Å². The van der Waals surface area contributed by atoms with E-state index in [1.165, 1.54) is 24.3 Å². The van der Waals surface area contributed by atoms with Crippen LogP contribution in [0.5, 0.6) is 11.5 Å². The number of hydrogen-bond acceptors (Lipinski definition) is 6. The van der Waals surface area contributed by atoms with Crippen LogP contribution in [0, 0.1) is 0 Å². The van der Waals surface area contributed by atoms with E-state index in [4.69, 9.17) is 16.3 Å². The van der Waals surface area contributed by atoms with Gasteiger partial charge >= 0.3 is 5.97 Å².